The SMILES string of the molecule is CCCCCC[C@@](C)(O)C#C[C@](C)(O)CCCCCC. The molecule has 2 heteroatoms. The molecule has 0 heterocycles. The van der Waals surface area contributed by atoms with E-state index in [-0.39, 0.29) is 0 Å². The van der Waals surface area contributed by atoms with Crippen molar-refractivity contribution in [1.29, 1.82) is 0 Å². The van der Waals surface area contributed by atoms with E-state index in [1.165, 1.54) is 25.7 Å². The Bertz CT molecular complexity index is 266. The highest BCUT2D eigenvalue weighted by atomic mass is 16.3. The van der Waals surface area contributed by atoms with Gasteiger partial charge < -0.3 is 10.2 Å². The molecule has 0 spiro atoms. The maximum Gasteiger partial charge on any atom is 0.122 e. The largest absolute Gasteiger partial charge is 0.378 e. The molecular formula is C18H34O2. The highest BCUT2D eigenvalue weighted by Gasteiger charge is 2.20. The average Bonchev–Trinajstić information content (AvgIpc) is 2.38. The zero-order chi connectivity index (χ0) is 15.5. The van der Waals surface area contributed by atoms with Crippen LogP contribution in [-0.4, -0.2) is 21.4 Å². The van der Waals surface area contributed by atoms with Crippen LogP contribution < -0.4 is 0 Å². The molecule has 0 unspecified atom stereocenters. The average molecular weight is 282 g/mol. The first kappa shape index (κ1) is 19.5. The summed E-state index contributed by atoms with van der Waals surface area (Å²) in [4.78, 5) is 0. The smallest absolute Gasteiger partial charge is 0.122 e. The summed E-state index contributed by atoms with van der Waals surface area (Å²) < 4.78 is 0. The Hall–Kier alpha value is -0.520. The van der Waals surface area contributed by atoms with E-state index in [4.69, 9.17) is 0 Å². The summed E-state index contributed by atoms with van der Waals surface area (Å²) in [5.41, 5.74) is -1.94. The van der Waals surface area contributed by atoms with E-state index >= 15 is 0 Å². The summed E-state index contributed by atoms with van der Waals surface area (Å²) >= 11 is 0. The van der Waals surface area contributed by atoms with Crippen LogP contribution in [0.15, 0.2) is 0 Å². The first-order valence-corrected chi connectivity index (χ1v) is 8.32. The van der Waals surface area contributed by atoms with Crippen LogP contribution >= 0.6 is 0 Å². The van der Waals surface area contributed by atoms with Gasteiger partial charge in [0.15, 0.2) is 0 Å². The summed E-state index contributed by atoms with van der Waals surface area (Å²) in [6.07, 6.45) is 10.4. The van der Waals surface area contributed by atoms with Crippen molar-refractivity contribution >= 4 is 0 Å². The van der Waals surface area contributed by atoms with Gasteiger partial charge in [0.25, 0.3) is 0 Å². The molecule has 0 aromatic carbocycles. The molecule has 0 saturated heterocycles. The monoisotopic (exact) mass is 282 g/mol. The van der Waals surface area contributed by atoms with Gasteiger partial charge in [0.2, 0.25) is 0 Å². The summed E-state index contributed by atoms with van der Waals surface area (Å²) in [6.45, 7) is 7.85. The number of aliphatic hydroxyl groups is 2. The van der Waals surface area contributed by atoms with Crippen molar-refractivity contribution in [3.8, 4) is 11.8 Å². The first-order valence-electron chi connectivity index (χ1n) is 8.32. The Morgan fingerprint density at radius 2 is 1.00 bits per heavy atom. The minimum Gasteiger partial charge on any atom is -0.378 e. The Morgan fingerprint density at radius 3 is 1.30 bits per heavy atom. The van der Waals surface area contributed by atoms with Gasteiger partial charge in [0.1, 0.15) is 11.2 Å². The summed E-state index contributed by atoms with van der Waals surface area (Å²) in [5, 5.41) is 20.4. The van der Waals surface area contributed by atoms with Crippen LogP contribution in [0.1, 0.15) is 91.9 Å². The lowest BCUT2D eigenvalue weighted by Crippen LogP contribution is -2.26. The van der Waals surface area contributed by atoms with Crippen molar-refractivity contribution in [2.45, 2.75) is 103 Å². The lowest BCUT2D eigenvalue weighted by molar-refractivity contribution is 0.0969. The summed E-state index contributed by atoms with van der Waals surface area (Å²) in [7, 11) is 0. The molecule has 0 aliphatic rings. The lowest BCUT2D eigenvalue weighted by atomic mass is 9.94. The van der Waals surface area contributed by atoms with Gasteiger partial charge in [0.05, 0.1) is 0 Å². The molecule has 2 atom stereocenters. The number of rotatable bonds is 10. The Balaban J connectivity index is 4.15. The molecule has 2 nitrogen and oxygen atoms in total. The van der Waals surface area contributed by atoms with Crippen molar-refractivity contribution in [2.75, 3.05) is 0 Å². The fourth-order valence-corrected chi connectivity index (χ4v) is 2.19. The van der Waals surface area contributed by atoms with Crippen LogP contribution in [0, 0.1) is 11.8 Å². The number of hydrogen-bond acceptors (Lipinski definition) is 2. The van der Waals surface area contributed by atoms with Gasteiger partial charge in [-0.3, -0.25) is 0 Å². The minimum atomic E-state index is -0.971. The summed E-state index contributed by atoms with van der Waals surface area (Å²) in [5.74, 6) is 5.75. The van der Waals surface area contributed by atoms with Crippen molar-refractivity contribution in [1.82, 2.24) is 0 Å². The quantitative estimate of drug-likeness (QED) is 0.459. The maximum absolute atomic E-state index is 10.2. The van der Waals surface area contributed by atoms with E-state index in [0.717, 1.165) is 25.7 Å². The van der Waals surface area contributed by atoms with Gasteiger partial charge in [-0.15, -0.1) is 0 Å². The van der Waals surface area contributed by atoms with E-state index in [1.807, 2.05) is 0 Å². The van der Waals surface area contributed by atoms with Crippen molar-refractivity contribution < 1.29 is 10.2 Å². The number of unbranched alkanes of at least 4 members (excludes halogenated alkanes) is 6. The van der Waals surface area contributed by atoms with E-state index in [2.05, 4.69) is 25.7 Å². The fraction of sp³-hybridized carbons (Fsp3) is 0.889. The molecule has 0 amide bonds. The zero-order valence-electron chi connectivity index (χ0n) is 14.0. The third-order valence-electron chi connectivity index (χ3n) is 3.64. The third-order valence-corrected chi connectivity index (χ3v) is 3.64. The lowest BCUT2D eigenvalue weighted by Gasteiger charge is -2.19. The van der Waals surface area contributed by atoms with Gasteiger partial charge in [-0.05, 0) is 39.5 Å². The van der Waals surface area contributed by atoms with Gasteiger partial charge in [-0.25, -0.2) is 0 Å². The standard InChI is InChI=1S/C18H34O2/c1-5-7-9-11-13-17(3,19)15-16-18(4,20)14-12-10-8-6-2/h19-20H,5-14H2,1-4H3/t17-,18-/m1/s1. The van der Waals surface area contributed by atoms with Crippen LogP contribution in [0.2, 0.25) is 0 Å². The Kier molecular flexibility index (Phi) is 9.98. The minimum absolute atomic E-state index is 0.686. The second-order valence-corrected chi connectivity index (χ2v) is 6.42. The van der Waals surface area contributed by atoms with Gasteiger partial charge >= 0.3 is 0 Å². The molecule has 0 fully saturated rings. The highest BCUT2D eigenvalue weighted by molar-refractivity contribution is 5.19. The van der Waals surface area contributed by atoms with Crippen molar-refractivity contribution in [3.05, 3.63) is 0 Å². The van der Waals surface area contributed by atoms with Crippen LogP contribution in [-0.2, 0) is 0 Å². The van der Waals surface area contributed by atoms with Gasteiger partial charge in [0, 0.05) is 0 Å². The van der Waals surface area contributed by atoms with E-state index in [0.29, 0.717) is 12.8 Å². The molecule has 0 aromatic rings. The molecule has 0 saturated carbocycles. The Labute approximate surface area is 126 Å². The van der Waals surface area contributed by atoms with Crippen LogP contribution in [0.4, 0.5) is 0 Å². The molecule has 0 radical (unpaired) electrons. The van der Waals surface area contributed by atoms with E-state index in [9.17, 15) is 10.2 Å². The molecule has 20 heavy (non-hydrogen) atoms. The van der Waals surface area contributed by atoms with Gasteiger partial charge in [-0.1, -0.05) is 64.2 Å². The normalized spacial score (nSPS) is 16.9. The molecule has 0 bridgehead atoms. The van der Waals surface area contributed by atoms with Crippen molar-refractivity contribution in [2.24, 2.45) is 0 Å². The third kappa shape index (κ3) is 11.3. The van der Waals surface area contributed by atoms with Crippen LogP contribution in [0.3, 0.4) is 0 Å². The summed E-state index contributed by atoms with van der Waals surface area (Å²) in [6, 6.07) is 0. The molecule has 2 N–H and O–H groups in total. The molecule has 118 valence electrons. The molecule has 0 aliphatic heterocycles. The maximum atomic E-state index is 10.2. The van der Waals surface area contributed by atoms with Crippen LogP contribution in [0.25, 0.3) is 0 Å². The molecule has 0 aliphatic carbocycles. The predicted octanol–water partition coefficient (Wildman–Crippen LogP) is 4.43. The first-order chi connectivity index (χ1) is 9.33. The molecule has 0 aromatic heterocycles. The molecule has 0 rings (SSSR count). The topological polar surface area (TPSA) is 40.5 Å². The Morgan fingerprint density at radius 1 is 0.650 bits per heavy atom. The second kappa shape index (κ2) is 10.2. The number of hydrogen-bond donors (Lipinski definition) is 2. The fourth-order valence-electron chi connectivity index (χ4n) is 2.19. The van der Waals surface area contributed by atoms with Gasteiger partial charge in [-0.2, -0.15) is 0 Å². The second-order valence-electron chi connectivity index (χ2n) is 6.42. The van der Waals surface area contributed by atoms with E-state index < -0.39 is 11.2 Å². The van der Waals surface area contributed by atoms with E-state index in [1.54, 1.807) is 13.8 Å². The van der Waals surface area contributed by atoms with Crippen molar-refractivity contribution in [3.63, 3.8) is 0 Å². The van der Waals surface area contributed by atoms with Crippen LogP contribution in [0.5, 0.6) is 0 Å². The zero-order valence-corrected chi connectivity index (χ0v) is 14.0. The molecular weight excluding hydrogens is 248 g/mol. The highest BCUT2D eigenvalue weighted by Crippen LogP contribution is 2.17. The predicted molar refractivity (Wildman–Crippen MR) is 86.5 cm³/mol.